The van der Waals surface area contributed by atoms with Crippen LogP contribution in [0.2, 0.25) is 0 Å². The lowest BCUT2D eigenvalue weighted by atomic mass is 10.1. The van der Waals surface area contributed by atoms with Gasteiger partial charge >= 0.3 is 0 Å². The standard InChI is InChI=1S/C16H27NO2/c1-11(2)16(10-17-12(3)4)19-14-8-7-13(5)9-15(14)18-6/h7-9,11-12,16-17H,10H2,1-6H3. The molecule has 1 unspecified atom stereocenters. The highest BCUT2D eigenvalue weighted by Crippen LogP contribution is 2.29. The minimum atomic E-state index is 0.138. The molecular formula is C16H27NO2. The van der Waals surface area contributed by atoms with E-state index in [4.69, 9.17) is 9.47 Å². The maximum absolute atomic E-state index is 6.12. The summed E-state index contributed by atoms with van der Waals surface area (Å²) >= 11 is 0. The van der Waals surface area contributed by atoms with Crippen molar-refractivity contribution < 1.29 is 9.47 Å². The van der Waals surface area contributed by atoms with Crippen LogP contribution >= 0.6 is 0 Å². The predicted molar refractivity (Wildman–Crippen MR) is 80.1 cm³/mol. The molecule has 1 aromatic rings. The summed E-state index contributed by atoms with van der Waals surface area (Å²) in [7, 11) is 1.68. The van der Waals surface area contributed by atoms with Crippen LogP contribution in [0.1, 0.15) is 33.3 Å². The third kappa shape index (κ3) is 5.11. The maximum atomic E-state index is 6.12. The highest BCUT2D eigenvalue weighted by Gasteiger charge is 2.17. The van der Waals surface area contributed by atoms with E-state index in [1.54, 1.807) is 7.11 Å². The van der Waals surface area contributed by atoms with Gasteiger partial charge in [0.25, 0.3) is 0 Å². The summed E-state index contributed by atoms with van der Waals surface area (Å²) in [5, 5.41) is 3.43. The van der Waals surface area contributed by atoms with Crippen LogP contribution in [0.4, 0.5) is 0 Å². The monoisotopic (exact) mass is 265 g/mol. The summed E-state index contributed by atoms with van der Waals surface area (Å²) in [4.78, 5) is 0. The van der Waals surface area contributed by atoms with Crippen LogP contribution in [0.25, 0.3) is 0 Å². The lowest BCUT2D eigenvalue weighted by Crippen LogP contribution is -2.38. The van der Waals surface area contributed by atoms with Gasteiger partial charge in [0.05, 0.1) is 7.11 Å². The molecule has 3 nitrogen and oxygen atoms in total. The quantitative estimate of drug-likeness (QED) is 0.819. The van der Waals surface area contributed by atoms with Gasteiger partial charge in [0.1, 0.15) is 6.10 Å². The van der Waals surface area contributed by atoms with Crippen molar-refractivity contribution >= 4 is 0 Å². The molecule has 0 aromatic heterocycles. The Morgan fingerprint density at radius 1 is 1.11 bits per heavy atom. The second kappa shape index (κ2) is 7.39. The Hall–Kier alpha value is -1.22. The van der Waals surface area contributed by atoms with Crippen molar-refractivity contribution in [3.05, 3.63) is 23.8 Å². The van der Waals surface area contributed by atoms with E-state index >= 15 is 0 Å². The molecule has 3 heteroatoms. The number of rotatable bonds is 7. The van der Waals surface area contributed by atoms with Crippen molar-refractivity contribution in [3.63, 3.8) is 0 Å². The van der Waals surface area contributed by atoms with Crippen LogP contribution < -0.4 is 14.8 Å². The highest BCUT2D eigenvalue weighted by molar-refractivity contribution is 5.42. The minimum Gasteiger partial charge on any atom is -0.493 e. The van der Waals surface area contributed by atoms with Gasteiger partial charge in [-0.05, 0) is 30.5 Å². The molecule has 0 spiro atoms. The number of hydrogen-bond acceptors (Lipinski definition) is 3. The fourth-order valence-corrected chi connectivity index (χ4v) is 1.80. The molecule has 0 saturated heterocycles. The zero-order valence-corrected chi connectivity index (χ0v) is 13.0. The first kappa shape index (κ1) is 15.8. The number of ether oxygens (including phenoxy) is 2. The van der Waals surface area contributed by atoms with Gasteiger partial charge in [-0.1, -0.05) is 33.8 Å². The molecule has 0 aliphatic rings. The first-order valence-electron chi connectivity index (χ1n) is 6.98. The second-order valence-electron chi connectivity index (χ2n) is 5.62. The number of hydrogen-bond donors (Lipinski definition) is 1. The van der Waals surface area contributed by atoms with Gasteiger partial charge in [0, 0.05) is 12.6 Å². The Morgan fingerprint density at radius 2 is 1.79 bits per heavy atom. The molecule has 1 atom stereocenters. The summed E-state index contributed by atoms with van der Waals surface area (Å²) < 4.78 is 11.5. The van der Waals surface area contributed by atoms with Crippen LogP contribution in [0.3, 0.4) is 0 Å². The Kier molecular flexibility index (Phi) is 6.16. The molecular weight excluding hydrogens is 238 g/mol. The first-order valence-corrected chi connectivity index (χ1v) is 6.98. The average Bonchev–Trinajstić information content (AvgIpc) is 2.35. The molecule has 0 aliphatic heterocycles. The fourth-order valence-electron chi connectivity index (χ4n) is 1.80. The van der Waals surface area contributed by atoms with E-state index < -0.39 is 0 Å². The minimum absolute atomic E-state index is 0.138. The second-order valence-corrected chi connectivity index (χ2v) is 5.62. The van der Waals surface area contributed by atoms with E-state index in [0.717, 1.165) is 18.0 Å². The molecule has 0 bridgehead atoms. The first-order chi connectivity index (χ1) is 8.93. The number of methoxy groups -OCH3 is 1. The van der Waals surface area contributed by atoms with Crippen molar-refractivity contribution in [2.45, 2.75) is 46.8 Å². The summed E-state index contributed by atoms with van der Waals surface area (Å²) in [6.07, 6.45) is 0.138. The summed E-state index contributed by atoms with van der Waals surface area (Å²) in [5.41, 5.74) is 1.17. The highest BCUT2D eigenvalue weighted by atomic mass is 16.5. The van der Waals surface area contributed by atoms with E-state index in [2.05, 4.69) is 33.0 Å². The van der Waals surface area contributed by atoms with Gasteiger partial charge in [0.2, 0.25) is 0 Å². The van der Waals surface area contributed by atoms with E-state index in [1.807, 2.05) is 25.1 Å². The summed E-state index contributed by atoms with van der Waals surface area (Å²) in [6.45, 7) is 11.5. The van der Waals surface area contributed by atoms with Crippen LogP contribution in [-0.4, -0.2) is 25.8 Å². The number of aryl methyl sites for hydroxylation is 1. The third-order valence-corrected chi connectivity index (χ3v) is 3.07. The van der Waals surface area contributed by atoms with Gasteiger partial charge < -0.3 is 14.8 Å². The van der Waals surface area contributed by atoms with Crippen molar-refractivity contribution in [1.82, 2.24) is 5.32 Å². The molecule has 0 fully saturated rings. The van der Waals surface area contributed by atoms with Crippen molar-refractivity contribution in [2.75, 3.05) is 13.7 Å². The largest absolute Gasteiger partial charge is 0.493 e. The smallest absolute Gasteiger partial charge is 0.161 e. The molecule has 0 aliphatic carbocycles. The fraction of sp³-hybridized carbons (Fsp3) is 0.625. The Balaban J connectivity index is 2.78. The van der Waals surface area contributed by atoms with Gasteiger partial charge in [-0.3, -0.25) is 0 Å². The van der Waals surface area contributed by atoms with E-state index in [9.17, 15) is 0 Å². The van der Waals surface area contributed by atoms with Crippen LogP contribution in [0.5, 0.6) is 11.5 Å². The molecule has 0 heterocycles. The van der Waals surface area contributed by atoms with Gasteiger partial charge in [0.15, 0.2) is 11.5 Å². The molecule has 1 N–H and O–H groups in total. The molecule has 0 radical (unpaired) electrons. The SMILES string of the molecule is COc1cc(C)ccc1OC(CNC(C)C)C(C)C. The molecule has 1 aromatic carbocycles. The van der Waals surface area contributed by atoms with Gasteiger partial charge in [-0.25, -0.2) is 0 Å². The van der Waals surface area contributed by atoms with Crippen LogP contribution in [0.15, 0.2) is 18.2 Å². The maximum Gasteiger partial charge on any atom is 0.161 e. The Bertz CT molecular complexity index is 388. The summed E-state index contributed by atoms with van der Waals surface area (Å²) in [6, 6.07) is 6.50. The predicted octanol–water partition coefficient (Wildman–Crippen LogP) is 3.41. The van der Waals surface area contributed by atoms with E-state index in [-0.39, 0.29) is 6.10 Å². The van der Waals surface area contributed by atoms with Crippen LogP contribution in [-0.2, 0) is 0 Å². The topological polar surface area (TPSA) is 30.5 Å². The zero-order chi connectivity index (χ0) is 14.4. The number of nitrogens with one attached hydrogen (secondary N) is 1. The molecule has 19 heavy (non-hydrogen) atoms. The lowest BCUT2D eigenvalue weighted by molar-refractivity contribution is 0.141. The average molecular weight is 265 g/mol. The van der Waals surface area contributed by atoms with E-state index in [1.165, 1.54) is 5.56 Å². The van der Waals surface area contributed by atoms with E-state index in [0.29, 0.717) is 12.0 Å². The van der Waals surface area contributed by atoms with Crippen LogP contribution in [0, 0.1) is 12.8 Å². The molecule has 0 saturated carbocycles. The lowest BCUT2D eigenvalue weighted by Gasteiger charge is -2.25. The van der Waals surface area contributed by atoms with Crippen molar-refractivity contribution in [2.24, 2.45) is 5.92 Å². The molecule has 0 amide bonds. The molecule has 1 rings (SSSR count). The van der Waals surface area contributed by atoms with Gasteiger partial charge in [-0.2, -0.15) is 0 Å². The van der Waals surface area contributed by atoms with Gasteiger partial charge in [-0.15, -0.1) is 0 Å². The zero-order valence-electron chi connectivity index (χ0n) is 13.0. The number of benzene rings is 1. The normalized spacial score (nSPS) is 12.8. The Morgan fingerprint density at radius 3 is 2.32 bits per heavy atom. The third-order valence-electron chi connectivity index (χ3n) is 3.07. The van der Waals surface area contributed by atoms with Crippen molar-refractivity contribution in [3.8, 4) is 11.5 Å². The Labute approximate surface area is 117 Å². The summed E-state index contributed by atoms with van der Waals surface area (Å²) in [5.74, 6) is 2.06. The van der Waals surface area contributed by atoms with Crippen molar-refractivity contribution in [1.29, 1.82) is 0 Å². The molecule has 108 valence electrons.